The summed E-state index contributed by atoms with van der Waals surface area (Å²) in [6, 6.07) is 0. The molecule has 0 atom stereocenters. The average molecular weight is 207 g/mol. The number of nitrogens with zero attached hydrogens (tertiary/aromatic N) is 4. The van der Waals surface area contributed by atoms with Gasteiger partial charge in [0, 0.05) is 56.4 Å². The van der Waals surface area contributed by atoms with Crippen molar-refractivity contribution in [2.45, 2.75) is 0 Å². The van der Waals surface area contributed by atoms with Crippen LogP contribution in [0, 0.1) is 0 Å². The molecule has 0 bridgehead atoms. The van der Waals surface area contributed by atoms with Gasteiger partial charge in [0.05, 0.1) is 0 Å². The first-order valence-corrected chi connectivity index (χ1v) is 5.98. The maximum absolute atomic E-state index is 2.30. The lowest BCUT2D eigenvalue weighted by Crippen LogP contribution is -2.43. The van der Waals surface area contributed by atoms with E-state index in [4.69, 9.17) is 0 Å². The van der Waals surface area contributed by atoms with E-state index in [-0.39, 0.29) is 0 Å². The third-order valence-corrected chi connectivity index (χ3v) is 6.44. The molecule has 0 aliphatic carbocycles. The van der Waals surface area contributed by atoms with Crippen LogP contribution < -0.4 is 0 Å². The van der Waals surface area contributed by atoms with Gasteiger partial charge in [0.15, 0.2) is 0 Å². The maximum Gasteiger partial charge on any atom is 0.306 e. The highest BCUT2D eigenvalue weighted by molar-refractivity contribution is 7.66. The van der Waals surface area contributed by atoms with Crippen LogP contribution in [0.3, 0.4) is 0 Å². The van der Waals surface area contributed by atoms with Gasteiger partial charge >= 0.3 is 7.87 Å². The highest BCUT2D eigenvalue weighted by atomic mass is 31.2. The molecule has 80 valence electrons. The van der Waals surface area contributed by atoms with Crippen LogP contribution in [0.1, 0.15) is 0 Å². The van der Waals surface area contributed by atoms with Crippen LogP contribution in [0.4, 0.5) is 0 Å². The zero-order valence-corrected chi connectivity index (χ0v) is 11.1. The molecular weight excluding hydrogens is 183 g/mol. The Morgan fingerprint density at radius 2 is 0.615 bits per heavy atom. The lowest BCUT2D eigenvalue weighted by molar-refractivity contribution is 0.384. The second-order valence-corrected chi connectivity index (χ2v) is 8.20. The predicted octanol–water partition coefficient (Wildman–Crippen LogP) is 0.910. The fourth-order valence-corrected chi connectivity index (χ4v) is 6.44. The van der Waals surface area contributed by atoms with Gasteiger partial charge in [-0.2, -0.15) is 0 Å². The first-order chi connectivity index (χ1) is 5.77. The van der Waals surface area contributed by atoms with Gasteiger partial charge in [0.2, 0.25) is 0 Å². The molecule has 0 amide bonds. The highest BCUT2D eigenvalue weighted by Crippen LogP contribution is 2.64. The highest BCUT2D eigenvalue weighted by Gasteiger charge is 2.50. The molecule has 0 aliphatic heterocycles. The molecule has 0 N–H and O–H groups in total. The molecule has 0 fully saturated rings. The van der Waals surface area contributed by atoms with Gasteiger partial charge in [0.25, 0.3) is 0 Å². The summed E-state index contributed by atoms with van der Waals surface area (Å²) in [5, 5.41) is 0. The summed E-state index contributed by atoms with van der Waals surface area (Å²) < 4.78 is 9.19. The number of hydrogen-bond acceptors (Lipinski definition) is 4. The molecule has 0 saturated heterocycles. The molecule has 4 nitrogen and oxygen atoms in total. The van der Waals surface area contributed by atoms with E-state index in [2.05, 4.69) is 75.1 Å². The van der Waals surface area contributed by atoms with E-state index in [0.29, 0.717) is 0 Å². The zero-order chi connectivity index (χ0) is 10.8. The van der Waals surface area contributed by atoms with Crippen molar-refractivity contribution >= 4 is 7.87 Å². The second-order valence-electron chi connectivity index (χ2n) is 3.93. The fraction of sp³-hybridized carbons (Fsp3) is 1.00. The molecule has 0 saturated carbocycles. The normalized spacial score (nSPS) is 13.8. The number of rotatable bonds is 4. The first-order valence-electron chi connectivity index (χ1n) is 4.38. The Kier molecular flexibility index (Phi) is 4.77. The molecule has 0 radical (unpaired) electrons. The van der Waals surface area contributed by atoms with Crippen molar-refractivity contribution in [2.75, 3.05) is 56.4 Å². The van der Waals surface area contributed by atoms with Crippen molar-refractivity contribution in [1.82, 2.24) is 18.7 Å². The monoisotopic (exact) mass is 207 g/mol. The van der Waals surface area contributed by atoms with Crippen LogP contribution in [0.15, 0.2) is 0 Å². The van der Waals surface area contributed by atoms with E-state index in [1.165, 1.54) is 0 Å². The van der Waals surface area contributed by atoms with Crippen molar-refractivity contribution in [2.24, 2.45) is 0 Å². The van der Waals surface area contributed by atoms with Crippen molar-refractivity contribution in [3.05, 3.63) is 0 Å². The van der Waals surface area contributed by atoms with E-state index in [1.807, 2.05) is 0 Å². The molecule has 13 heavy (non-hydrogen) atoms. The Morgan fingerprint density at radius 1 is 0.462 bits per heavy atom. The summed E-state index contributed by atoms with van der Waals surface area (Å²) in [7, 11) is 15.6. The Bertz CT molecular complexity index is 119. The summed E-state index contributed by atoms with van der Waals surface area (Å²) in [6.07, 6.45) is 0. The van der Waals surface area contributed by atoms with Crippen LogP contribution >= 0.6 is 7.87 Å². The van der Waals surface area contributed by atoms with Gasteiger partial charge in [-0.25, -0.2) is 0 Å². The van der Waals surface area contributed by atoms with E-state index in [0.717, 1.165) is 0 Å². The average Bonchev–Trinajstić information content (AvgIpc) is 1.82. The van der Waals surface area contributed by atoms with Gasteiger partial charge in [-0.3, -0.25) is 0 Å². The molecule has 5 heteroatoms. The third kappa shape index (κ3) is 2.20. The molecular formula is C8H24N4P+. The minimum atomic E-state index is -1.45. The quantitative estimate of drug-likeness (QED) is 0.635. The zero-order valence-electron chi connectivity index (χ0n) is 10.2. The van der Waals surface area contributed by atoms with Gasteiger partial charge in [-0.1, -0.05) is 0 Å². The van der Waals surface area contributed by atoms with Crippen molar-refractivity contribution in [3.63, 3.8) is 0 Å². The van der Waals surface area contributed by atoms with Gasteiger partial charge in [0.1, 0.15) is 0 Å². The van der Waals surface area contributed by atoms with Crippen LogP contribution in [-0.4, -0.2) is 75.1 Å². The summed E-state index contributed by atoms with van der Waals surface area (Å²) >= 11 is 0. The largest absolute Gasteiger partial charge is 0.306 e. The SMILES string of the molecule is CN(C)[P+](N(C)C)(N(C)C)N(C)C. The van der Waals surface area contributed by atoms with Crippen molar-refractivity contribution in [3.8, 4) is 0 Å². The topological polar surface area (TPSA) is 13.0 Å². The standard InChI is InChI=1S/C8H24N4P/c1-9(2)13(10(3)4,11(5)6)12(7)8/h1-8H3/q+1. The van der Waals surface area contributed by atoms with Gasteiger partial charge < -0.3 is 0 Å². The summed E-state index contributed by atoms with van der Waals surface area (Å²) in [6.45, 7) is 0. The third-order valence-electron chi connectivity index (χ3n) is 2.15. The van der Waals surface area contributed by atoms with Crippen LogP contribution in [-0.2, 0) is 0 Å². The van der Waals surface area contributed by atoms with Crippen molar-refractivity contribution in [1.29, 1.82) is 0 Å². The van der Waals surface area contributed by atoms with E-state index in [1.54, 1.807) is 0 Å². The summed E-state index contributed by atoms with van der Waals surface area (Å²) in [5.74, 6) is 0. The smallest absolute Gasteiger partial charge is 0.139 e. The minimum absolute atomic E-state index is 1.45. The lowest BCUT2D eigenvalue weighted by Gasteiger charge is -2.42. The number of hydrogen-bond donors (Lipinski definition) is 0. The first kappa shape index (κ1) is 13.3. The van der Waals surface area contributed by atoms with Crippen molar-refractivity contribution < 1.29 is 0 Å². The molecule has 0 aliphatic rings. The van der Waals surface area contributed by atoms with E-state index in [9.17, 15) is 0 Å². The van der Waals surface area contributed by atoms with E-state index < -0.39 is 7.87 Å². The Labute approximate surface area is 83.6 Å². The minimum Gasteiger partial charge on any atom is -0.139 e. The summed E-state index contributed by atoms with van der Waals surface area (Å²) in [5.41, 5.74) is 0. The molecule has 0 heterocycles. The predicted molar refractivity (Wildman–Crippen MR) is 61.7 cm³/mol. The van der Waals surface area contributed by atoms with Gasteiger partial charge in [-0.15, -0.1) is 18.7 Å². The van der Waals surface area contributed by atoms with Crippen LogP contribution in [0.5, 0.6) is 0 Å². The van der Waals surface area contributed by atoms with Gasteiger partial charge in [-0.05, 0) is 0 Å². The molecule has 0 rings (SSSR count). The lowest BCUT2D eigenvalue weighted by atomic mass is 11.2. The Balaban J connectivity index is 5.06. The fourth-order valence-electron chi connectivity index (χ4n) is 2.15. The molecule has 0 spiro atoms. The maximum atomic E-state index is 2.30. The molecule has 0 unspecified atom stereocenters. The van der Waals surface area contributed by atoms with Crippen LogP contribution in [0.25, 0.3) is 0 Å². The van der Waals surface area contributed by atoms with E-state index >= 15 is 0 Å². The molecule has 0 aromatic heterocycles. The molecule has 0 aromatic carbocycles. The summed E-state index contributed by atoms with van der Waals surface area (Å²) in [4.78, 5) is 0. The second kappa shape index (κ2) is 4.67. The molecule has 0 aromatic rings. The Hall–Kier alpha value is 0.270. The Morgan fingerprint density at radius 3 is 0.615 bits per heavy atom. The van der Waals surface area contributed by atoms with Crippen LogP contribution in [0.2, 0.25) is 0 Å².